The predicted molar refractivity (Wildman–Crippen MR) is 153 cm³/mol. The van der Waals surface area contributed by atoms with E-state index in [-0.39, 0.29) is 5.56 Å². The van der Waals surface area contributed by atoms with Crippen molar-refractivity contribution in [1.82, 2.24) is 25.9 Å². The summed E-state index contributed by atoms with van der Waals surface area (Å²) in [5.41, 5.74) is 6.94. The fourth-order valence-corrected chi connectivity index (χ4v) is 4.42. The van der Waals surface area contributed by atoms with E-state index in [4.69, 9.17) is 35.1 Å². The number of nitriles is 1. The largest absolute Gasteiger partial charge is 0.395 e. The number of fused-ring (bicyclic) bond motifs is 1. The molecule has 8 nitrogen and oxygen atoms in total. The van der Waals surface area contributed by atoms with Crippen LogP contribution in [0.2, 0.25) is 5.02 Å². The molecule has 0 bridgehead atoms. The molecule has 3 aromatic rings. The molecule has 1 fully saturated rings. The van der Waals surface area contributed by atoms with Crippen LogP contribution in [0.15, 0.2) is 48.6 Å². The minimum Gasteiger partial charge on any atom is -0.395 e. The minimum atomic E-state index is -1.38. The van der Waals surface area contributed by atoms with Gasteiger partial charge in [-0.25, -0.2) is 4.98 Å². The topological polar surface area (TPSA) is 101 Å². The maximum absolute atomic E-state index is 13.7. The molecule has 0 saturated heterocycles. The Morgan fingerprint density at radius 2 is 1.87 bits per heavy atom. The summed E-state index contributed by atoms with van der Waals surface area (Å²) in [6.45, 7) is 5.66. The number of hydrogen-bond donors (Lipinski definition) is 4. The molecule has 0 amide bonds. The monoisotopic (exact) mass is 536 g/mol. The Kier molecular flexibility index (Phi) is 6.72. The Morgan fingerprint density at radius 3 is 2.49 bits per heavy atom. The zero-order valence-corrected chi connectivity index (χ0v) is 22.6. The van der Waals surface area contributed by atoms with Crippen LogP contribution >= 0.6 is 11.6 Å². The lowest BCUT2D eigenvalue weighted by Gasteiger charge is -2.42. The van der Waals surface area contributed by atoms with E-state index in [0.29, 0.717) is 44.6 Å². The van der Waals surface area contributed by atoms with Crippen LogP contribution in [0.4, 0.5) is 15.8 Å². The van der Waals surface area contributed by atoms with Crippen molar-refractivity contribution in [2.45, 2.75) is 50.4 Å². The highest BCUT2D eigenvalue weighted by molar-refractivity contribution is 6.42. The maximum Gasteiger partial charge on any atom is 0.212 e. The van der Waals surface area contributed by atoms with Gasteiger partial charge in [-0.15, -0.1) is 5.53 Å². The minimum absolute atomic E-state index is 0.242. The lowest BCUT2D eigenvalue weighted by Crippen LogP contribution is -2.51. The van der Waals surface area contributed by atoms with Gasteiger partial charge in [0.1, 0.15) is 13.9 Å². The van der Waals surface area contributed by atoms with E-state index < -0.39 is 22.1 Å². The quantitative estimate of drug-likeness (QED) is 0.269. The second-order valence-corrected chi connectivity index (χ2v) is 11.4. The highest BCUT2D eigenvalue weighted by Gasteiger charge is 2.38. The van der Waals surface area contributed by atoms with Gasteiger partial charge in [0, 0.05) is 35.7 Å². The number of anilines is 2. The second kappa shape index (κ2) is 9.65. The molecule has 1 aliphatic carbocycles. The van der Waals surface area contributed by atoms with Crippen LogP contribution in [0.5, 0.6) is 0 Å². The molecule has 1 atom stereocenters. The fraction of sp³-hybridized carbons (Fsp3) is 0.346. The number of hydrogen-bond acceptors (Lipinski definition) is 8. The van der Waals surface area contributed by atoms with Gasteiger partial charge in [-0.2, -0.15) is 9.65 Å². The molecule has 1 unspecified atom stereocenters. The summed E-state index contributed by atoms with van der Waals surface area (Å²) >= 11 is 6.69. The first-order valence-electron chi connectivity index (χ1n) is 12.4. The Balaban J connectivity index is 1.63. The zero-order chi connectivity index (χ0) is 28.2. The number of benzene rings is 1. The lowest BCUT2D eigenvalue weighted by atomic mass is 9.49. The van der Waals surface area contributed by atoms with Crippen LogP contribution < -0.4 is 21.6 Å². The zero-order valence-electron chi connectivity index (χ0n) is 21.8. The molecular formula is C26H25B3ClFN8. The van der Waals surface area contributed by atoms with Gasteiger partial charge in [-0.05, 0) is 47.4 Å². The summed E-state index contributed by atoms with van der Waals surface area (Å²) in [5.74, 6) is -0.627. The number of hydrazine groups is 2. The van der Waals surface area contributed by atoms with E-state index in [1.165, 1.54) is 18.5 Å². The second-order valence-electron chi connectivity index (χ2n) is 11.0. The van der Waals surface area contributed by atoms with E-state index in [1.54, 1.807) is 18.2 Å². The van der Waals surface area contributed by atoms with Gasteiger partial charge in [0.2, 0.25) is 5.95 Å². The first-order valence-corrected chi connectivity index (χ1v) is 12.8. The molecule has 2 aromatic heterocycles. The number of rotatable bonds is 7. The summed E-state index contributed by atoms with van der Waals surface area (Å²) in [4.78, 5) is 8.20. The average molecular weight is 536 g/mol. The van der Waals surface area contributed by atoms with Crippen molar-refractivity contribution in [3.8, 4) is 6.07 Å². The molecule has 1 aromatic carbocycles. The van der Waals surface area contributed by atoms with Crippen LogP contribution in [-0.4, -0.2) is 49.9 Å². The van der Waals surface area contributed by atoms with Crippen molar-refractivity contribution >= 4 is 57.4 Å². The van der Waals surface area contributed by atoms with Crippen molar-refractivity contribution in [3.63, 3.8) is 0 Å². The maximum atomic E-state index is 13.7. The van der Waals surface area contributed by atoms with Crippen LogP contribution in [0.25, 0.3) is 10.9 Å². The summed E-state index contributed by atoms with van der Waals surface area (Å²) < 4.78 is 13.7. The van der Waals surface area contributed by atoms with Crippen LogP contribution in [-0.2, 0) is 5.44 Å². The lowest BCUT2D eigenvalue weighted by molar-refractivity contribution is 0.260. The Labute approximate surface area is 236 Å². The van der Waals surface area contributed by atoms with Gasteiger partial charge in [-0.3, -0.25) is 9.99 Å². The van der Waals surface area contributed by atoms with E-state index >= 15 is 0 Å². The van der Waals surface area contributed by atoms with E-state index in [1.807, 2.05) is 32.0 Å². The fourth-order valence-electron chi connectivity index (χ4n) is 4.16. The molecule has 4 N–H and O–H groups in total. The van der Waals surface area contributed by atoms with Crippen molar-refractivity contribution in [2.24, 2.45) is 5.41 Å². The third kappa shape index (κ3) is 5.13. The molecule has 2 aliphatic rings. The van der Waals surface area contributed by atoms with Crippen molar-refractivity contribution in [3.05, 3.63) is 70.7 Å². The Hall–Kier alpha value is -3.42. The van der Waals surface area contributed by atoms with E-state index in [0.717, 1.165) is 12.8 Å². The normalized spacial score (nSPS) is 17.2. The number of pyridine rings is 2. The number of aromatic nitrogens is 2. The molecule has 3 heterocycles. The molecular weight excluding hydrogens is 511 g/mol. The molecule has 1 saturated carbocycles. The third-order valence-corrected chi connectivity index (χ3v) is 7.38. The van der Waals surface area contributed by atoms with Crippen molar-refractivity contribution in [2.75, 3.05) is 10.6 Å². The van der Waals surface area contributed by atoms with Gasteiger partial charge >= 0.3 is 0 Å². The Bertz CT molecular complexity index is 1500. The highest BCUT2D eigenvalue weighted by Crippen LogP contribution is 2.39. The van der Waals surface area contributed by atoms with Crippen LogP contribution in [0.3, 0.4) is 0 Å². The summed E-state index contributed by atoms with van der Waals surface area (Å²) in [6, 6.07) is 8.74. The molecule has 6 radical (unpaired) electrons. The van der Waals surface area contributed by atoms with Crippen LogP contribution in [0.1, 0.15) is 44.7 Å². The molecule has 13 heteroatoms. The van der Waals surface area contributed by atoms with Crippen molar-refractivity contribution < 1.29 is 4.39 Å². The van der Waals surface area contributed by atoms with Crippen molar-refractivity contribution in [1.29, 1.82) is 5.26 Å². The van der Waals surface area contributed by atoms with Gasteiger partial charge in [0.15, 0.2) is 0 Å². The summed E-state index contributed by atoms with van der Waals surface area (Å²) in [6.07, 6.45) is 6.79. The average Bonchev–Trinajstić information content (AvgIpc) is 3.59. The molecule has 192 valence electrons. The van der Waals surface area contributed by atoms with Gasteiger partial charge in [0.25, 0.3) is 0 Å². The summed E-state index contributed by atoms with van der Waals surface area (Å²) in [5, 5.41) is 17.7. The van der Waals surface area contributed by atoms with Gasteiger partial charge < -0.3 is 16.1 Å². The first kappa shape index (κ1) is 27.2. The number of nitrogens with one attached hydrogen (secondary N) is 4. The number of halogens is 2. The standard InChI is InChI=1S/C26H25B3ClFN8/c1-24(2,3)26(28,29)36-22-14(10-32)11-34-23-18(22)8-16(9-19(23)30)35-25(27,15-4-7-21(31)33-12-15)20-13-39(38-37-20)17-5-6-17/h4,7-9,11-13,17,35,37-38H,5-6H2,1-3H3,(H,34,36). The van der Waals surface area contributed by atoms with E-state index in [9.17, 15) is 9.65 Å². The SMILES string of the molecule is [B]C(Nc1cc(Cl)c2ncc(C#N)c(NC([B])([B])C(C)(C)C)c2c1)(C1=CN(C2CC2)NN1)c1ccc(F)nc1. The van der Waals surface area contributed by atoms with Gasteiger partial charge in [-0.1, -0.05) is 38.4 Å². The van der Waals surface area contributed by atoms with Gasteiger partial charge in [0.05, 0.1) is 48.6 Å². The summed E-state index contributed by atoms with van der Waals surface area (Å²) in [7, 11) is 19.9. The third-order valence-electron chi connectivity index (χ3n) is 7.10. The molecule has 5 rings (SSSR count). The molecule has 1 aliphatic heterocycles. The predicted octanol–water partition coefficient (Wildman–Crippen LogP) is 3.50. The molecule has 0 spiro atoms. The molecule has 39 heavy (non-hydrogen) atoms. The smallest absolute Gasteiger partial charge is 0.212 e. The highest BCUT2D eigenvalue weighted by atomic mass is 35.5. The number of nitrogens with zero attached hydrogens (tertiary/aromatic N) is 4. The van der Waals surface area contributed by atoms with E-state index in [2.05, 4.69) is 37.6 Å². The van der Waals surface area contributed by atoms with Crippen LogP contribution in [0, 0.1) is 22.7 Å². The Morgan fingerprint density at radius 1 is 1.13 bits per heavy atom. The first-order chi connectivity index (χ1) is 18.3.